The molecule has 1 aromatic carbocycles. The summed E-state index contributed by atoms with van der Waals surface area (Å²) in [5.74, 6) is 0. The summed E-state index contributed by atoms with van der Waals surface area (Å²) >= 11 is 8.59. The van der Waals surface area contributed by atoms with E-state index in [0.29, 0.717) is 0 Å². The molecule has 0 amide bonds. The predicted octanol–water partition coefficient (Wildman–Crippen LogP) is 3.95. The Morgan fingerprint density at radius 3 is 3.00 bits per heavy atom. The van der Waals surface area contributed by atoms with Gasteiger partial charge in [0.05, 0.1) is 15.7 Å². The molecule has 1 nitrogen and oxygen atoms in total. The summed E-state index contributed by atoms with van der Waals surface area (Å²) in [7, 11) is 0. The number of benzene rings is 1. The van der Waals surface area contributed by atoms with E-state index in [1.165, 1.54) is 10.3 Å². The highest BCUT2D eigenvalue weighted by atomic mass is 79.9. The van der Waals surface area contributed by atoms with Gasteiger partial charge in [0.1, 0.15) is 0 Å². The van der Waals surface area contributed by atoms with Crippen LogP contribution < -0.4 is 0 Å². The lowest BCUT2D eigenvalue weighted by Crippen LogP contribution is -1.78. The van der Waals surface area contributed by atoms with Gasteiger partial charge in [0.15, 0.2) is 0 Å². The minimum absolute atomic E-state index is 0.888. The van der Waals surface area contributed by atoms with Crippen LogP contribution in [-0.4, -0.2) is 4.98 Å². The number of halogens is 2. The van der Waals surface area contributed by atoms with Crippen LogP contribution in [0.1, 0.15) is 5.56 Å². The van der Waals surface area contributed by atoms with Crippen molar-refractivity contribution in [2.45, 2.75) is 5.33 Å². The molecule has 0 radical (unpaired) electrons. The highest BCUT2D eigenvalue weighted by Crippen LogP contribution is 2.28. The number of hydrogen-bond acceptors (Lipinski definition) is 2. The minimum atomic E-state index is 0.888. The molecule has 0 spiro atoms. The smallest absolute Gasteiger partial charge is 0.0954 e. The largest absolute Gasteiger partial charge is 0.243 e. The maximum Gasteiger partial charge on any atom is 0.0954 e. The van der Waals surface area contributed by atoms with E-state index in [1.54, 1.807) is 11.3 Å². The Kier molecular flexibility index (Phi) is 2.48. The third kappa shape index (κ3) is 1.43. The van der Waals surface area contributed by atoms with Crippen LogP contribution in [0.15, 0.2) is 22.1 Å². The number of rotatable bonds is 1. The number of aromatic nitrogens is 1. The molecular formula is C8H5Br2NS. The van der Waals surface area contributed by atoms with Crippen LogP contribution in [-0.2, 0) is 5.33 Å². The van der Waals surface area contributed by atoms with Gasteiger partial charge in [-0.15, -0.1) is 11.3 Å². The van der Waals surface area contributed by atoms with Crippen molar-refractivity contribution in [3.63, 3.8) is 0 Å². The first-order valence-electron chi connectivity index (χ1n) is 3.39. The van der Waals surface area contributed by atoms with Crippen molar-refractivity contribution in [2.24, 2.45) is 0 Å². The van der Waals surface area contributed by atoms with Crippen LogP contribution in [0, 0.1) is 0 Å². The average molecular weight is 307 g/mol. The monoisotopic (exact) mass is 305 g/mol. The molecule has 1 heterocycles. The number of hydrogen-bond donors (Lipinski definition) is 0. The van der Waals surface area contributed by atoms with E-state index in [9.17, 15) is 0 Å². The van der Waals surface area contributed by atoms with E-state index in [2.05, 4.69) is 49.0 Å². The molecule has 0 aliphatic heterocycles. The van der Waals surface area contributed by atoms with Crippen LogP contribution in [0.3, 0.4) is 0 Å². The predicted molar refractivity (Wildman–Crippen MR) is 60.0 cm³/mol. The van der Waals surface area contributed by atoms with Crippen LogP contribution in [0.5, 0.6) is 0 Å². The molecule has 0 bridgehead atoms. The maximum absolute atomic E-state index is 4.25. The fourth-order valence-corrected chi connectivity index (χ4v) is 2.89. The fourth-order valence-electron chi connectivity index (χ4n) is 1.06. The molecule has 0 fully saturated rings. The van der Waals surface area contributed by atoms with Crippen molar-refractivity contribution < 1.29 is 0 Å². The minimum Gasteiger partial charge on any atom is -0.243 e. The second-order valence-electron chi connectivity index (χ2n) is 2.41. The SMILES string of the molecule is BrCc1cc(Br)c2ncsc2c1. The Labute approximate surface area is 91.1 Å². The molecule has 0 unspecified atom stereocenters. The highest BCUT2D eigenvalue weighted by molar-refractivity contribution is 9.10. The van der Waals surface area contributed by atoms with Gasteiger partial charge in [-0.1, -0.05) is 15.9 Å². The van der Waals surface area contributed by atoms with Crippen molar-refractivity contribution in [3.05, 3.63) is 27.7 Å². The average Bonchev–Trinajstić information content (AvgIpc) is 2.52. The third-order valence-electron chi connectivity index (χ3n) is 1.60. The van der Waals surface area contributed by atoms with Crippen molar-refractivity contribution in [1.29, 1.82) is 0 Å². The van der Waals surface area contributed by atoms with E-state index < -0.39 is 0 Å². The van der Waals surface area contributed by atoms with E-state index in [4.69, 9.17) is 0 Å². The Balaban J connectivity index is 2.75. The molecule has 0 aliphatic carbocycles. The van der Waals surface area contributed by atoms with E-state index in [0.717, 1.165) is 15.3 Å². The van der Waals surface area contributed by atoms with Gasteiger partial charge >= 0.3 is 0 Å². The lowest BCUT2D eigenvalue weighted by Gasteiger charge is -1.97. The Hall–Kier alpha value is 0.0700. The van der Waals surface area contributed by atoms with E-state index in [-0.39, 0.29) is 0 Å². The van der Waals surface area contributed by atoms with Gasteiger partial charge in [0, 0.05) is 9.80 Å². The zero-order valence-electron chi connectivity index (χ0n) is 6.05. The molecule has 0 saturated carbocycles. The number of nitrogens with zero attached hydrogens (tertiary/aromatic N) is 1. The maximum atomic E-state index is 4.25. The number of thiazole rings is 1. The molecule has 4 heteroatoms. The summed E-state index contributed by atoms with van der Waals surface area (Å²) in [5.41, 5.74) is 4.20. The number of fused-ring (bicyclic) bond motifs is 1. The van der Waals surface area contributed by atoms with Gasteiger partial charge in [-0.25, -0.2) is 4.98 Å². The van der Waals surface area contributed by atoms with Gasteiger partial charge in [-0.3, -0.25) is 0 Å². The molecule has 12 heavy (non-hydrogen) atoms. The van der Waals surface area contributed by atoms with Crippen LogP contribution in [0.2, 0.25) is 0 Å². The molecule has 2 aromatic rings. The summed E-state index contributed by atoms with van der Waals surface area (Å²) in [5, 5.41) is 0.888. The number of alkyl halides is 1. The molecular weight excluding hydrogens is 302 g/mol. The van der Waals surface area contributed by atoms with E-state index >= 15 is 0 Å². The molecule has 62 valence electrons. The lowest BCUT2D eigenvalue weighted by atomic mass is 10.2. The topological polar surface area (TPSA) is 12.9 Å². The highest BCUT2D eigenvalue weighted by Gasteiger charge is 2.03. The first-order chi connectivity index (χ1) is 5.81. The zero-order chi connectivity index (χ0) is 8.55. The second kappa shape index (κ2) is 3.44. The molecule has 1 aromatic heterocycles. The van der Waals surface area contributed by atoms with Crippen LogP contribution in [0.4, 0.5) is 0 Å². The second-order valence-corrected chi connectivity index (χ2v) is 4.71. The Morgan fingerprint density at radius 2 is 2.25 bits per heavy atom. The zero-order valence-corrected chi connectivity index (χ0v) is 10.0. The Morgan fingerprint density at radius 1 is 1.42 bits per heavy atom. The van der Waals surface area contributed by atoms with Gasteiger partial charge in [0.25, 0.3) is 0 Å². The standard InChI is InChI=1S/C8H5Br2NS/c9-3-5-1-6(10)8-7(2-5)12-4-11-8/h1-2,4H,3H2. The normalized spacial score (nSPS) is 10.8. The summed E-state index contributed by atoms with van der Waals surface area (Å²) < 4.78 is 2.31. The van der Waals surface area contributed by atoms with E-state index in [1.807, 2.05) is 5.51 Å². The molecule has 0 N–H and O–H groups in total. The van der Waals surface area contributed by atoms with Gasteiger partial charge < -0.3 is 0 Å². The molecule has 0 aliphatic rings. The summed E-state index contributed by atoms with van der Waals surface area (Å²) in [4.78, 5) is 4.25. The summed E-state index contributed by atoms with van der Waals surface area (Å²) in [6.07, 6.45) is 0. The van der Waals surface area contributed by atoms with Crippen LogP contribution >= 0.6 is 43.2 Å². The molecule has 2 rings (SSSR count). The first-order valence-corrected chi connectivity index (χ1v) is 6.18. The first kappa shape index (κ1) is 8.66. The Bertz CT molecular complexity index is 410. The molecule has 0 saturated heterocycles. The van der Waals surface area contributed by atoms with Crippen LogP contribution in [0.25, 0.3) is 10.2 Å². The summed E-state index contributed by atoms with van der Waals surface area (Å²) in [6, 6.07) is 4.25. The molecule has 0 atom stereocenters. The van der Waals surface area contributed by atoms with Gasteiger partial charge in [-0.05, 0) is 33.6 Å². The third-order valence-corrected chi connectivity index (χ3v) is 3.63. The lowest BCUT2D eigenvalue weighted by molar-refractivity contribution is 1.42. The van der Waals surface area contributed by atoms with Gasteiger partial charge in [-0.2, -0.15) is 0 Å². The van der Waals surface area contributed by atoms with Gasteiger partial charge in [0.2, 0.25) is 0 Å². The fraction of sp³-hybridized carbons (Fsp3) is 0.125. The van der Waals surface area contributed by atoms with Crippen molar-refractivity contribution >= 4 is 53.4 Å². The summed E-state index contributed by atoms with van der Waals surface area (Å²) in [6.45, 7) is 0. The van der Waals surface area contributed by atoms with Crippen molar-refractivity contribution in [1.82, 2.24) is 4.98 Å². The van der Waals surface area contributed by atoms with Crippen molar-refractivity contribution in [3.8, 4) is 0 Å². The van der Waals surface area contributed by atoms with Crippen molar-refractivity contribution in [2.75, 3.05) is 0 Å². The quantitative estimate of drug-likeness (QED) is 0.727.